The van der Waals surface area contributed by atoms with E-state index in [0.717, 1.165) is 0 Å². The number of hydrogen-bond acceptors (Lipinski definition) is 5. The Balaban J connectivity index is 2.36. The number of aliphatic carboxylic acids is 1. The number of rotatable bonds is 9. The van der Waals surface area contributed by atoms with Gasteiger partial charge in [0.25, 0.3) is 0 Å². The summed E-state index contributed by atoms with van der Waals surface area (Å²) in [7, 11) is -4.09. The smallest absolute Gasteiger partial charge is 0.326 e. The van der Waals surface area contributed by atoms with E-state index in [1.807, 2.05) is 0 Å². The van der Waals surface area contributed by atoms with Gasteiger partial charge in [0, 0.05) is 6.07 Å². The van der Waals surface area contributed by atoms with Crippen molar-refractivity contribution in [3.63, 3.8) is 0 Å². The van der Waals surface area contributed by atoms with Crippen LogP contribution in [0.25, 0.3) is 0 Å². The molecule has 0 bridgehead atoms. The normalized spacial score (nSPS) is 12.4. The lowest BCUT2D eigenvalue weighted by Gasteiger charge is -2.17. The summed E-state index contributed by atoms with van der Waals surface area (Å²) in [6.45, 7) is 4.31. The number of benzene rings is 2. The monoisotopic (exact) mass is 379 g/mol. The Morgan fingerprint density at radius 1 is 1.04 bits per heavy atom. The molecule has 0 aliphatic heterocycles. The third kappa shape index (κ3) is 4.74. The first kappa shape index (κ1) is 19.7. The molecule has 1 atom stereocenters. The van der Waals surface area contributed by atoms with Gasteiger partial charge in [0.2, 0.25) is 10.0 Å². The van der Waals surface area contributed by atoms with Crippen molar-refractivity contribution in [2.24, 2.45) is 0 Å². The lowest BCUT2D eigenvalue weighted by Crippen LogP contribution is -2.33. The van der Waals surface area contributed by atoms with Crippen LogP contribution in [0.1, 0.15) is 25.5 Å². The fourth-order valence-electron chi connectivity index (χ4n) is 2.33. The van der Waals surface area contributed by atoms with Crippen LogP contribution in [0, 0.1) is 0 Å². The SMILES string of the molecule is CCOc1ccc(S(=O)(=O)N[C@H](C(=O)O)c2ccccc2)cc1OCC. The second-order valence-electron chi connectivity index (χ2n) is 5.28. The van der Waals surface area contributed by atoms with Crippen molar-refractivity contribution in [3.8, 4) is 11.5 Å². The maximum atomic E-state index is 12.7. The van der Waals surface area contributed by atoms with Gasteiger partial charge < -0.3 is 14.6 Å². The van der Waals surface area contributed by atoms with Crippen LogP contribution in [0.5, 0.6) is 11.5 Å². The molecule has 0 amide bonds. The second-order valence-corrected chi connectivity index (χ2v) is 6.99. The van der Waals surface area contributed by atoms with Crippen LogP contribution in [0.2, 0.25) is 0 Å². The molecule has 2 aromatic rings. The zero-order valence-electron chi connectivity index (χ0n) is 14.5. The molecular weight excluding hydrogens is 358 g/mol. The molecule has 0 spiro atoms. The highest BCUT2D eigenvalue weighted by Gasteiger charge is 2.27. The maximum Gasteiger partial charge on any atom is 0.326 e. The van der Waals surface area contributed by atoms with Crippen molar-refractivity contribution < 1.29 is 27.8 Å². The Morgan fingerprint density at radius 3 is 2.23 bits per heavy atom. The standard InChI is InChI=1S/C18H21NO6S/c1-3-24-15-11-10-14(12-16(15)25-4-2)26(22,23)19-17(18(20)21)13-8-6-5-7-9-13/h5-12,17,19H,3-4H2,1-2H3,(H,20,21)/t17-/m0/s1. The van der Waals surface area contributed by atoms with Gasteiger partial charge in [-0.3, -0.25) is 4.79 Å². The van der Waals surface area contributed by atoms with E-state index in [0.29, 0.717) is 24.5 Å². The Hall–Kier alpha value is -2.58. The summed E-state index contributed by atoms with van der Waals surface area (Å²) in [6.07, 6.45) is 0. The number of carboxylic acid groups (broad SMARTS) is 1. The summed E-state index contributed by atoms with van der Waals surface area (Å²) >= 11 is 0. The van der Waals surface area contributed by atoms with Gasteiger partial charge in [0.05, 0.1) is 18.1 Å². The summed E-state index contributed by atoms with van der Waals surface area (Å²) < 4.78 is 38.4. The van der Waals surface area contributed by atoms with E-state index in [1.165, 1.54) is 18.2 Å². The van der Waals surface area contributed by atoms with Crippen molar-refractivity contribution >= 4 is 16.0 Å². The highest BCUT2D eigenvalue weighted by Crippen LogP contribution is 2.30. The lowest BCUT2D eigenvalue weighted by molar-refractivity contribution is -0.139. The minimum atomic E-state index is -4.09. The summed E-state index contributed by atoms with van der Waals surface area (Å²) in [5, 5.41) is 9.42. The van der Waals surface area contributed by atoms with Crippen molar-refractivity contribution in [1.29, 1.82) is 0 Å². The van der Waals surface area contributed by atoms with E-state index >= 15 is 0 Å². The lowest BCUT2D eigenvalue weighted by atomic mass is 10.1. The first-order valence-corrected chi connectivity index (χ1v) is 9.57. The molecular formula is C18H21NO6S. The van der Waals surface area contributed by atoms with E-state index < -0.39 is 22.0 Å². The van der Waals surface area contributed by atoms with Gasteiger partial charge in [-0.1, -0.05) is 30.3 Å². The molecule has 26 heavy (non-hydrogen) atoms. The Kier molecular flexibility index (Phi) is 6.59. The highest BCUT2D eigenvalue weighted by atomic mass is 32.2. The summed E-state index contributed by atoms with van der Waals surface area (Å²) in [5.41, 5.74) is 0.333. The molecule has 140 valence electrons. The largest absolute Gasteiger partial charge is 0.490 e. The molecule has 2 N–H and O–H groups in total. The number of carboxylic acids is 1. The zero-order chi connectivity index (χ0) is 19.2. The first-order valence-electron chi connectivity index (χ1n) is 8.08. The van der Waals surface area contributed by atoms with Gasteiger partial charge in [0.1, 0.15) is 6.04 Å². The highest BCUT2D eigenvalue weighted by molar-refractivity contribution is 7.89. The molecule has 2 aromatic carbocycles. The molecule has 0 aliphatic rings. The Labute approximate surface area is 152 Å². The summed E-state index contributed by atoms with van der Waals surface area (Å²) in [6, 6.07) is 10.9. The molecule has 2 rings (SSSR count). The van der Waals surface area contributed by atoms with Gasteiger partial charge in [-0.25, -0.2) is 8.42 Å². The summed E-state index contributed by atoms with van der Waals surface area (Å²) in [5.74, 6) is -0.592. The van der Waals surface area contributed by atoms with E-state index in [4.69, 9.17) is 9.47 Å². The second kappa shape index (κ2) is 8.68. The van der Waals surface area contributed by atoms with Crippen LogP contribution in [0.15, 0.2) is 53.4 Å². The average molecular weight is 379 g/mol. The molecule has 0 saturated carbocycles. The van der Waals surface area contributed by atoms with Gasteiger partial charge in [-0.15, -0.1) is 0 Å². The molecule has 0 unspecified atom stereocenters. The van der Waals surface area contributed by atoms with Gasteiger partial charge >= 0.3 is 5.97 Å². The number of sulfonamides is 1. The minimum absolute atomic E-state index is 0.105. The predicted molar refractivity (Wildman–Crippen MR) is 95.9 cm³/mol. The van der Waals surface area contributed by atoms with Crippen LogP contribution in [-0.2, 0) is 14.8 Å². The van der Waals surface area contributed by atoms with Crippen molar-refractivity contribution in [2.45, 2.75) is 24.8 Å². The number of hydrogen-bond donors (Lipinski definition) is 2. The van der Waals surface area contributed by atoms with Gasteiger partial charge in [-0.2, -0.15) is 4.72 Å². The molecule has 0 heterocycles. The fourth-order valence-corrected chi connectivity index (χ4v) is 3.52. The molecule has 0 fully saturated rings. The average Bonchev–Trinajstić information content (AvgIpc) is 2.62. The topological polar surface area (TPSA) is 102 Å². The van der Waals surface area contributed by atoms with Crippen LogP contribution < -0.4 is 14.2 Å². The van der Waals surface area contributed by atoms with E-state index in [1.54, 1.807) is 44.2 Å². The first-order chi connectivity index (χ1) is 12.4. The minimum Gasteiger partial charge on any atom is -0.490 e. The van der Waals surface area contributed by atoms with Crippen LogP contribution in [-0.4, -0.2) is 32.7 Å². The molecule has 0 aromatic heterocycles. The van der Waals surface area contributed by atoms with E-state index in [2.05, 4.69) is 4.72 Å². The number of nitrogens with one attached hydrogen (secondary N) is 1. The van der Waals surface area contributed by atoms with Crippen molar-refractivity contribution in [1.82, 2.24) is 4.72 Å². The van der Waals surface area contributed by atoms with E-state index in [-0.39, 0.29) is 10.6 Å². The number of carbonyl (C=O) groups is 1. The zero-order valence-corrected chi connectivity index (χ0v) is 15.3. The van der Waals surface area contributed by atoms with Crippen molar-refractivity contribution in [2.75, 3.05) is 13.2 Å². The predicted octanol–water partition coefficient (Wildman–Crippen LogP) is 2.59. The molecule has 7 nitrogen and oxygen atoms in total. The third-order valence-electron chi connectivity index (χ3n) is 3.48. The third-order valence-corrected chi connectivity index (χ3v) is 4.90. The Morgan fingerprint density at radius 2 is 1.65 bits per heavy atom. The number of ether oxygens (including phenoxy) is 2. The van der Waals surface area contributed by atoms with Crippen LogP contribution >= 0.6 is 0 Å². The van der Waals surface area contributed by atoms with E-state index in [9.17, 15) is 18.3 Å². The molecule has 0 saturated heterocycles. The molecule has 0 aliphatic carbocycles. The van der Waals surface area contributed by atoms with Gasteiger partial charge in [-0.05, 0) is 31.5 Å². The maximum absolute atomic E-state index is 12.7. The van der Waals surface area contributed by atoms with Gasteiger partial charge in [0.15, 0.2) is 11.5 Å². The summed E-state index contributed by atoms with van der Waals surface area (Å²) in [4.78, 5) is 11.4. The molecule has 0 radical (unpaired) electrons. The quantitative estimate of drug-likeness (QED) is 0.694. The fraction of sp³-hybridized carbons (Fsp3) is 0.278. The van der Waals surface area contributed by atoms with Crippen LogP contribution in [0.3, 0.4) is 0 Å². The Bertz CT molecular complexity index is 851. The van der Waals surface area contributed by atoms with Crippen LogP contribution in [0.4, 0.5) is 0 Å². The molecule has 8 heteroatoms. The van der Waals surface area contributed by atoms with Crippen molar-refractivity contribution in [3.05, 3.63) is 54.1 Å².